The van der Waals surface area contributed by atoms with Gasteiger partial charge in [0.05, 0.1) is 10.6 Å². The van der Waals surface area contributed by atoms with Crippen LogP contribution in [0.1, 0.15) is 5.56 Å². The lowest BCUT2D eigenvalue weighted by Crippen LogP contribution is -2.19. The van der Waals surface area contributed by atoms with Crippen LogP contribution in [0.25, 0.3) is 11.3 Å². The van der Waals surface area contributed by atoms with E-state index in [9.17, 15) is 21.6 Å². The van der Waals surface area contributed by atoms with Crippen molar-refractivity contribution in [1.82, 2.24) is 14.3 Å². The summed E-state index contributed by atoms with van der Waals surface area (Å²) >= 11 is 0. The zero-order valence-corrected chi connectivity index (χ0v) is 16.8. The van der Waals surface area contributed by atoms with Gasteiger partial charge in [-0.05, 0) is 41.5 Å². The van der Waals surface area contributed by atoms with Crippen LogP contribution in [-0.4, -0.2) is 43.2 Å². The molecule has 9 nitrogen and oxygen atoms in total. The fourth-order valence-corrected chi connectivity index (χ4v) is 4.66. The number of nitrogens with one attached hydrogen (secondary N) is 1. The van der Waals surface area contributed by atoms with Gasteiger partial charge < -0.3 is 10.4 Å². The molecule has 0 aliphatic rings. The molecular formula is C18H17N3O6S2. The molecule has 1 amide bonds. The highest BCUT2D eigenvalue weighted by Crippen LogP contribution is 2.28. The summed E-state index contributed by atoms with van der Waals surface area (Å²) in [5.41, 5.74) is 1.13. The van der Waals surface area contributed by atoms with E-state index in [-0.39, 0.29) is 22.0 Å². The lowest BCUT2D eigenvalue weighted by Gasteiger charge is -2.10. The highest BCUT2D eigenvalue weighted by molar-refractivity contribution is 7.90. The zero-order valence-electron chi connectivity index (χ0n) is 15.2. The van der Waals surface area contributed by atoms with Gasteiger partial charge in [0.15, 0.2) is 9.84 Å². The summed E-state index contributed by atoms with van der Waals surface area (Å²) in [6, 6.07) is 10.2. The van der Waals surface area contributed by atoms with Gasteiger partial charge in [-0.3, -0.25) is 4.98 Å². The van der Waals surface area contributed by atoms with E-state index >= 15 is 0 Å². The Labute approximate surface area is 167 Å². The van der Waals surface area contributed by atoms with Gasteiger partial charge in [-0.25, -0.2) is 25.6 Å². The van der Waals surface area contributed by atoms with Crippen molar-refractivity contribution in [1.29, 1.82) is 0 Å². The lowest BCUT2D eigenvalue weighted by atomic mass is 10.1. The highest BCUT2D eigenvalue weighted by Gasteiger charge is 2.22. The summed E-state index contributed by atoms with van der Waals surface area (Å²) in [6.07, 6.45) is 3.81. The molecule has 0 saturated heterocycles. The average Bonchev–Trinajstić information content (AvgIpc) is 3.12. The molecular weight excluding hydrogens is 418 g/mol. The van der Waals surface area contributed by atoms with Crippen LogP contribution < -0.4 is 5.32 Å². The topological polar surface area (TPSA) is 135 Å². The highest BCUT2D eigenvalue weighted by atomic mass is 32.2. The molecule has 1 aromatic carbocycles. The van der Waals surface area contributed by atoms with Crippen molar-refractivity contribution in [2.24, 2.45) is 0 Å². The van der Waals surface area contributed by atoms with E-state index in [2.05, 4.69) is 10.3 Å². The van der Waals surface area contributed by atoms with Gasteiger partial charge in [-0.15, -0.1) is 0 Å². The van der Waals surface area contributed by atoms with Crippen molar-refractivity contribution in [2.45, 2.75) is 16.3 Å². The summed E-state index contributed by atoms with van der Waals surface area (Å²) in [5, 5.41) is 11.0. The van der Waals surface area contributed by atoms with E-state index in [0.717, 1.165) is 10.2 Å². The normalized spacial score (nSPS) is 11.9. The Hall–Kier alpha value is -3.18. The minimum Gasteiger partial charge on any atom is -0.465 e. The molecule has 152 valence electrons. The van der Waals surface area contributed by atoms with E-state index in [1.165, 1.54) is 61.1 Å². The number of carboxylic acid groups (broad SMARTS) is 1. The summed E-state index contributed by atoms with van der Waals surface area (Å²) in [5.74, 6) is 0. The maximum Gasteiger partial charge on any atom is 0.404 e. The Morgan fingerprint density at radius 2 is 1.79 bits per heavy atom. The predicted octanol–water partition coefficient (Wildman–Crippen LogP) is 1.96. The van der Waals surface area contributed by atoms with Gasteiger partial charge in [0.1, 0.15) is 4.90 Å². The number of nitrogens with zero attached hydrogens (tertiary/aromatic N) is 2. The molecule has 2 aromatic heterocycles. The first-order valence-corrected chi connectivity index (χ1v) is 11.6. The van der Waals surface area contributed by atoms with Gasteiger partial charge in [-0.1, -0.05) is 12.1 Å². The van der Waals surface area contributed by atoms with E-state index in [1.54, 1.807) is 0 Å². The Morgan fingerprint density at radius 3 is 2.34 bits per heavy atom. The summed E-state index contributed by atoms with van der Waals surface area (Å²) in [7, 11) is -7.42. The van der Waals surface area contributed by atoms with E-state index < -0.39 is 26.0 Å². The maximum absolute atomic E-state index is 13.1. The van der Waals surface area contributed by atoms with Crippen molar-refractivity contribution in [3.8, 4) is 11.3 Å². The number of sulfone groups is 1. The number of amides is 1. The Bertz CT molecular complexity index is 1250. The smallest absolute Gasteiger partial charge is 0.404 e. The number of pyridine rings is 1. The first-order chi connectivity index (χ1) is 13.6. The molecule has 3 aromatic rings. The zero-order chi connectivity index (χ0) is 21.2. The van der Waals surface area contributed by atoms with E-state index in [1.807, 2.05) is 0 Å². The lowest BCUT2D eigenvalue weighted by molar-refractivity contribution is 0.194. The van der Waals surface area contributed by atoms with E-state index in [0.29, 0.717) is 11.1 Å². The third kappa shape index (κ3) is 4.46. The summed E-state index contributed by atoms with van der Waals surface area (Å²) in [4.78, 5) is 14.7. The molecule has 0 saturated carbocycles. The van der Waals surface area contributed by atoms with Crippen LogP contribution in [0.5, 0.6) is 0 Å². The van der Waals surface area contributed by atoms with Crippen LogP contribution >= 0.6 is 0 Å². The van der Waals surface area contributed by atoms with Crippen LogP contribution in [-0.2, 0) is 26.4 Å². The second-order valence-corrected chi connectivity index (χ2v) is 10.0. The molecule has 0 atom stereocenters. The molecule has 0 bridgehead atoms. The molecule has 2 N–H and O–H groups in total. The van der Waals surface area contributed by atoms with Gasteiger partial charge >= 0.3 is 6.09 Å². The van der Waals surface area contributed by atoms with Gasteiger partial charge in [0, 0.05) is 31.4 Å². The van der Waals surface area contributed by atoms with Crippen molar-refractivity contribution >= 4 is 26.0 Å². The van der Waals surface area contributed by atoms with Crippen molar-refractivity contribution in [3.05, 3.63) is 66.6 Å². The Morgan fingerprint density at radius 1 is 1.10 bits per heavy atom. The molecule has 0 aliphatic carbocycles. The second kappa shape index (κ2) is 7.68. The predicted molar refractivity (Wildman–Crippen MR) is 105 cm³/mol. The van der Waals surface area contributed by atoms with Crippen molar-refractivity contribution in [2.75, 3.05) is 6.26 Å². The van der Waals surface area contributed by atoms with Gasteiger partial charge in [0.2, 0.25) is 0 Å². The maximum atomic E-state index is 13.1. The first kappa shape index (κ1) is 20.6. The van der Waals surface area contributed by atoms with Crippen molar-refractivity contribution in [3.63, 3.8) is 0 Å². The molecule has 0 aliphatic heterocycles. The average molecular weight is 435 g/mol. The number of hydrogen-bond donors (Lipinski definition) is 2. The van der Waals surface area contributed by atoms with Crippen LogP contribution in [0.4, 0.5) is 4.79 Å². The molecule has 0 fully saturated rings. The minimum atomic E-state index is -4.01. The summed E-state index contributed by atoms with van der Waals surface area (Å²) < 4.78 is 50.6. The standard InChI is InChI=1S/C18H17N3O6S2/c1-28(24,25)15-6-4-14(5-7-15)17-9-13(10-20-18(22)23)12-21(17)29(26,27)16-3-2-8-19-11-16/h2-9,11-12,20H,10H2,1H3,(H,22,23). The third-order valence-corrected chi connectivity index (χ3v) is 6.84. The molecule has 29 heavy (non-hydrogen) atoms. The fourth-order valence-electron chi connectivity index (χ4n) is 2.67. The van der Waals surface area contributed by atoms with Gasteiger partial charge in [0.25, 0.3) is 10.0 Å². The largest absolute Gasteiger partial charge is 0.465 e. The molecule has 0 radical (unpaired) electrons. The van der Waals surface area contributed by atoms with Crippen LogP contribution in [0, 0.1) is 0 Å². The van der Waals surface area contributed by atoms with Crippen LogP contribution in [0.2, 0.25) is 0 Å². The monoisotopic (exact) mass is 435 g/mol. The van der Waals surface area contributed by atoms with Crippen LogP contribution in [0.15, 0.2) is 70.8 Å². The molecule has 2 heterocycles. The number of hydrogen-bond acceptors (Lipinski definition) is 6. The Balaban J connectivity index is 2.13. The SMILES string of the molecule is CS(=O)(=O)c1ccc(-c2cc(CNC(=O)O)cn2S(=O)(=O)c2cccnc2)cc1. The van der Waals surface area contributed by atoms with Gasteiger partial charge in [-0.2, -0.15) is 0 Å². The minimum absolute atomic E-state index is 0.0395. The van der Waals surface area contributed by atoms with Crippen molar-refractivity contribution < 1.29 is 26.7 Å². The molecule has 11 heteroatoms. The Kier molecular flexibility index (Phi) is 5.44. The quantitative estimate of drug-likeness (QED) is 0.604. The third-order valence-electron chi connectivity index (χ3n) is 4.06. The fraction of sp³-hybridized carbons (Fsp3) is 0.111. The number of benzene rings is 1. The second-order valence-electron chi connectivity index (χ2n) is 6.18. The molecule has 0 unspecified atom stereocenters. The first-order valence-electron chi connectivity index (χ1n) is 8.23. The summed E-state index contributed by atoms with van der Waals surface area (Å²) in [6.45, 7) is -0.0979. The number of aromatic nitrogens is 2. The van der Waals surface area contributed by atoms with Crippen LogP contribution in [0.3, 0.4) is 0 Å². The number of rotatable bonds is 6. The molecule has 3 rings (SSSR count). The number of carbonyl (C=O) groups is 1. The molecule has 0 spiro atoms. The van der Waals surface area contributed by atoms with E-state index in [4.69, 9.17) is 5.11 Å².